The number of hydrogen-bond donors (Lipinski definition) is 2. The molecule has 1 aliphatic heterocycles. The maximum absolute atomic E-state index is 5.34. The van der Waals surface area contributed by atoms with Crippen LogP contribution in [-0.4, -0.2) is 61.6 Å². The zero-order valence-electron chi connectivity index (χ0n) is 17.3. The zero-order valence-corrected chi connectivity index (χ0v) is 19.7. The molecule has 0 atom stereocenters. The summed E-state index contributed by atoms with van der Waals surface area (Å²) >= 11 is 0. The Morgan fingerprint density at radius 1 is 1.00 bits per heavy atom. The molecule has 0 spiro atoms. The molecule has 2 N–H and O–H groups in total. The first-order valence-electron chi connectivity index (χ1n) is 10.4. The quantitative estimate of drug-likeness (QED) is 0.235. The molecule has 0 unspecified atom stereocenters. The van der Waals surface area contributed by atoms with E-state index in [1.807, 2.05) is 12.1 Å². The van der Waals surface area contributed by atoms with Crippen molar-refractivity contribution in [2.75, 3.05) is 45.8 Å². The number of rotatable bonds is 9. The van der Waals surface area contributed by atoms with Gasteiger partial charge in [-0.1, -0.05) is 30.3 Å². The molecule has 2 heterocycles. The van der Waals surface area contributed by atoms with Gasteiger partial charge in [0.05, 0.1) is 6.26 Å². The van der Waals surface area contributed by atoms with E-state index in [-0.39, 0.29) is 24.0 Å². The highest BCUT2D eigenvalue weighted by molar-refractivity contribution is 14.0. The van der Waals surface area contributed by atoms with Gasteiger partial charge in [0, 0.05) is 45.8 Å². The van der Waals surface area contributed by atoms with E-state index in [9.17, 15) is 0 Å². The molecule has 0 saturated carbocycles. The summed E-state index contributed by atoms with van der Waals surface area (Å²) in [7, 11) is 0. The summed E-state index contributed by atoms with van der Waals surface area (Å²) in [5.41, 5.74) is 1.41. The van der Waals surface area contributed by atoms with Gasteiger partial charge >= 0.3 is 0 Å². The summed E-state index contributed by atoms with van der Waals surface area (Å²) in [5, 5.41) is 6.71. The second kappa shape index (κ2) is 13.6. The molecular weight excluding hydrogens is 477 g/mol. The van der Waals surface area contributed by atoms with E-state index in [1.165, 1.54) is 5.56 Å². The van der Waals surface area contributed by atoms with Crippen LogP contribution in [0.2, 0.25) is 0 Å². The summed E-state index contributed by atoms with van der Waals surface area (Å²) in [5.74, 6) is 1.73. The molecule has 1 aromatic heterocycles. The third-order valence-corrected chi connectivity index (χ3v) is 4.97. The number of halogens is 1. The van der Waals surface area contributed by atoms with Gasteiger partial charge in [-0.15, -0.1) is 24.0 Å². The van der Waals surface area contributed by atoms with E-state index in [2.05, 4.69) is 62.7 Å². The van der Waals surface area contributed by atoms with Gasteiger partial charge in [-0.3, -0.25) is 4.90 Å². The van der Waals surface area contributed by atoms with Crippen LogP contribution in [0.25, 0.3) is 0 Å². The topological polar surface area (TPSA) is 56.0 Å². The standard InChI is InChI=1S/C22H33N5O.HI/c1-2-23-22(25-18-21-10-6-17-28-21)24-11-7-12-26-13-15-27(16-14-26)19-20-8-4-3-5-9-20;/h3-6,8-10,17H,2,7,11-16,18-19H2,1H3,(H2,23,24,25);1H. The molecule has 0 aliphatic carbocycles. The predicted octanol–water partition coefficient (Wildman–Crippen LogP) is 3.16. The van der Waals surface area contributed by atoms with Crippen molar-refractivity contribution in [2.45, 2.75) is 26.4 Å². The third kappa shape index (κ3) is 8.76. The van der Waals surface area contributed by atoms with Crippen molar-refractivity contribution in [3.63, 3.8) is 0 Å². The molecule has 2 aromatic rings. The Labute approximate surface area is 191 Å². The second-order valence-corrected chi connectivity index (χ2v) is 7.16. The normalized spacial score (nSPS) is 15.7. The van der Waals surface area contributed by atoms with Crippen LogP contribution in [0.3, 0.4) is 0 Å². The number of hydrogen-bond acceptors (Lipinski definition) is 4. The van der Waals surface area contributed by atoms with E-state index >= 15 is 0 Å². The van der Waals surface area contributed by atoms with Gasteiger partial charge in [-0.25, -0.2) is 4.99 Å². The molecule has 6 nitrogen and oxygen atoms in total. The summed E-state index contributed by atoms with van der Waals surface area (Å²) < 4.78 is 5.34. The van der Waals surface area contributed by atoms with Crippen molar-refractivity contribution in [2.24, 2.45) is 4.99 Å². The Kier molecular flexibility index (Phi) is 11.1. The van der Waals surface area contributed by atoms with Crippen LogP contribution < -0.4 is 10.6 Å². The first-order chi connectivity index (χ1) is 13.8. The molecule has 3 rings (SSSR count). The summed E-state index contributed by atoms with van der Waals surface area (Å²) in [6, 6.07) is 14.6. The fourth-order valence-corrected chi connectivity index (χ4v) is 3.42. The highest BCUT2D eigenvalue weighted by Crippen LogP contribution is 2.08. The molecule has 7 heteroatoms. The average molecular weight is 511 g/mol. The minimum absolute atomic E-state index is 0. The van der Waals surface area contributed by atoms with Gasteiger partial charge in [0.15, 0.2) is 5.96 Å². The van der Waals surface area contributed by atoms with E-state index in [0.29, 0.717) is 6.54 Å². The van der Waals surface area contributed by atoms with Crippen LogP contribution in [0.5, 0.6) is 0 Å². The van der Waals surface area contributed by atoms with Crippen molar-refractivity contribution >= 4 is 29.9 Å². The number of furan rings is 1. The van der Waals surface area contributed by atoms with Crippen molar-refractivity contribution in [1.29, 1.82) is 0 Å². The molecule has 1 aromatic carbocycles. The molecule has 1 aliphatic rings. The number of benzene rings is 1. The SMILES string of the molecule is CCNC(=NCc1ccco1)NCCCN1CCN(Cc2ccccc2)CC1.I. The summed E-state index contributed by atoms with van der Waals surface area (Å²) in [4.78, 5) is 9.69. The van der Waals surface area contributed by atoms with Crippen molar-refractivity contribution < 1.29 is 4.42 Å². The largest absolute Gasteiger partial charge is 0.467 e. The smallest absolute Gasteiger partial charge is 0.191 e. The lowest BCUT2D eigenvalue weighted by Gasteiger charge is -2.34. The fraction of sp³-hybridized carbons (Fsp3) is 0.500. The first kappa shape index (κ1) is 23.7. The van der Waals surface area contributed by atoms with Crippen molar-refractivity contribution in [3.8, 4) is 0 Å². The van der Waals surface area contributed by atoms with Crippen LogP contribution >= 0.6 is 24.0 Å². The lowest BCUT2D eigenvalue weighted by Crippen LogP contribution is -2.46. The lowest BCUT2D eigenvalue weighted by atomic mass is 10.2. The van der Waals surface area contributed by atoms with Gasteiger partial charge in [0.1, 0.15) is 12.3 Å². The molecule has 29 heavy (non-hydrogen) atoms. The van der Waals surface area contributed by atoms with Crippen LogP contribution in [0, 0.1) is 0 Å². The second-order valence-electron chi connectivity index (χ2n) is 7.16. The number of aliphatic imine (C=N–C) groups is 1. The minimum atomic E-state index is 0. The lowest BCUT2D eigenvalue weighted by molar-refractivity contribution is 0.126. The summed E-state index contributed by atoms with van der Waals surface area (Å²) in [6.45, 7) is 11.2. The molecule has 0 radical (unpaired) electrons. The van der Waals surface area contributed by atoms with Crippen LogP contribution in [0.15, 0.2) is 58.1 Å². The number of nitrogens with one attached hydrogen (secondary N) is 2. The zero-order chi connectivity index (χ0) is 19.4. The highest BCUT2D eigenvalue weighted by atomic mass is 127. The monoisotopic (exact) mass is 511 g/mol. The molecular formula is C22H34IN5O. The minimum Gasteiger partial charge on any atom is -0.467 e. The van der Waals surface area contributed by atoms with Gasteiger partial charge < -0.3 is 20.0 Å². The Morgan fingerprint density at radius 2 is 1.76 bits per heavy atom. The van der Waals surface area contributed by atoms with Crippen LogP contribution in [0.4, 0.5) is 0 Å². The maximum atomic E-state index is 5.34. The van der Waals surface area contributed by atoms with E-state index in [4.69, 9.17) is 4.42 Å². The van der Waals surface area contributed by atoms with Gasteiger partial charge in [-0.05, 0) is 37.6 Å². The fourth-order valence-electron chi connectivity index (χ4n) is 3.42. The predicted molar refractivity (Wildman–Crippen MR) is 130 cm³/mol. The molecule has 160 valence electrons. The Balaban J connectivity index is 0.00000300. The Hall–Kier alpha value is -1.58. The highest BCUT2D eigenvalue weighted by Gasteiger charge is 2.16. The van der Waals surface area contributed by atoms with Crippen molar-refractivity contribution in [1.82, 2.24) is 20.4 Å². The van der Waals surface area contributed by atoms with Crippen LogP contribution in [-0.2, 0) is 13.1 Å². The Bertz CT molecular complexity index is 684. The molecule has 0 bridgehead atoms. The first-order valence-corrected chi connectivity index (χ1v) is 10.4. The van der Waals surface area contributed by atoms with Gasteiger partial charge in [0.2, 0.25) is 0 Å². The maximum Gasteiger partial charge on any atom is 0.191 e. The Morgan fingerprint density at radius 3 is 2.45 bits per heavy atom. The number of piperazine rings is 1. The van der Waals surface area contributed by atoms with Gasteiger partial charge in [-0.2, -0.15) is 0 Å². The number of guanidine groups is 1. The number of nitrogens with zero attached hydrogens (tertiary/aromatic N) is 3. The third-order valence-electron chi connectivity index (χ3n) is 4.97. The van der Waals surface area contributed by atoms with Gasteiger partial charge in [0.25, 0.3) is 0 Å². The molecule has 1 saturated heterocycles. The van der Waals surface area contributed by atoms with Crippen molar-refractivity contribution in [3.05, 3.63) is 60.1 Å². The van der Waals surface area contributed by atoms with E-state index in [1.54, 1.807) is 6.26 Å². The summed E-state index contributed by atoms with van der Waals surface area (Å²) in [6.07, 6.45) is 2.80. The molecule has 0 amide bonds. The molecule has 1 fully saturated rings. The average Bonchev–Trinajstić information content (AvgIpc) is 3.25. The van der Waals surface area contributed by atoms with E-state index in [0.717, 1.165) is 70.5 Å². The van der Waals surface area contributed by atoms with Crippen LogP contribution in [0.1, 0.15) is 24.7 Å². The van der Waals surface area contributed by atoms with E-state index < -0.39 is 0 Å².